The molecule has 2 amide bonds. The lowest BCUT2D eigenvalue weighted by atomic mass is 10.4. The van der Waals surface area contributed by atoms with E-state index in [1.165, 1.54) is 25.7 Å². The van der Waals surface area contributed by atoms with Crippen LogP contribution in [0.3, 0.4) is 0 Å². The minimum atomic E-state index is -0.320. The van der Waals surface area contributed by atoms with Crippen LogP contribution in [0.25, 0.3) is 0 Å². The predicted octanol–water partition coefficient (Wildman–Crippen LogP) is 1.96. The summed E-state index contributed by atoms with van der Waals surface area (Å²) in [6.45, 7) is 0. The van der Waals surface area contributed by atoms with Crippen molar-refractivity contribution in [3.05, 3.63) is 24.0 Å². The van der Waals surface area contributed by atoms with Crippen molar-refractivity contribution in [1.29, 1.82) is 0 Å². The fourth-order valence-electron chi connectivity index (χ4n) is 2.17. The second kappa shape index (κ2) is 6.09. The molecule has 0 aromatic carbocycles. The molecule has 0 radical (unpaired) electrons. The van der Waals surface area contributed by atoms with Crippen LogP contribution in [0.1, 0.15) is 36.2 Å². The molecule has 0 bridgehead atoms. The Labute approximate surface area is 111 Å². The zero-order chi connectivity index (χ0) is 13.0. The van der Waals surface area contributed by atoms with Crippen molar-refractivity contribution in [2.24, 2.45) is 7.05 Å². The SMILES string of the molecule is Cn1cccc1C(=O)NC(=O)CSC1CCCC1. The fourth-order valence-corrected chi connectivity index (χ4v) is 3.30. The summed E-state index contributed by atoms with van der Waals surface area (Å²) in [5.41, 5.74) is 0.509. The van der Waals surface area contributed by atoms with E-state index in [2.05, 4.69) is 5.32 Å². The van der Waals surface area contributed by atoms with Crippen molar-refractivity contribution in [3.63, 3.8) is 0 Å². The second-order valence-corrected chi connectivity index (χ2v) is 5.89. The molecule has 0 saturated heterocycles. The average Bonchev–Trinajstić information content (AvgIpc) is 2.97. The number of carbonyl (C=O) groups excluding carboxylic acids is 2. The molecule has 0 spiro atoms. The third-order valence-electron chi connectivity index (χ3n) is 3.18. The third-order valence-corrected chi connectivity index (χ3v) is 4.55. The molecule has 5 heteroatoms. The van der Waals surface area contributed by atoms with Gasteiger partial charge >= 0.3 is 0 Å². The van der Waals surface area contributed by atoms with Gasteiger partial charge in [0.15, 0.2) is 0 Å². The molecule has 2 rings (SSSR count). The molecule has 1 aromatic heterocycles. The number of imide groups is 1. The van der Waals surface area contributed by atoms with Gasteiger partial charge in [-0.05, 0) is 25.0 Å². The quantitative estimate of drug-likeness (QED) is 0.906. The molecular formula is C13H18N2O2S. The van der Waals surface area contributed by atoms with Crippen molar-refractivity contribution in [1.82, 2.24) is 9.88 Å². The maximum atomic E-state index is 11.8. The number of nitrogens with one attached hydrogen (secondary N) is 1. The molecule has 0 aliphatic heterocycles. The first kappa shape index (κ1) is 13.2. The van der Waals surface area contributed by atoms with Gasteiger partial charge in [-0.2, -0.15) is 0 Å². The van der Waals surface area contributed by atoms with Gasteiger partial charge in [-0.3, -0.25) is 14.9 Å². The van der Waals surface area contributed by atoms with Crippen LogP contribution in [-0.2, 0) is 11.8 Å². The molecule has 1 heterocycles. The zero-order valence-electron chi connectivity index (χ0n) is 10.5. The molecule has 0 atom stereocenters. The van der Waals surface area contributed by atoms with Crippen molar-refractivity contribution in [2.45, 2.75) is 30.9 Å². The van der Waals surface area contributed by atoms with Gasteiger partial charge in [0.25, 0.3) is 5.91 Å². The van der Waals surface area contributed by atoms with Crippen LogP contribution in [0.2, 0.25) is 0 Å². The van der Waals surface area contributed by atoms with E-state index in [9.17, 15) is 9.59 Å². The number of aromatic nitrogens is 1. The van der Waals surface area contributed by atoms with Crippen LogP contribution in [0, 0.1) is 0 Å². The molecule has 1 aromatic rings. The van der Waals surface area contributed by atoms with Crippen molar-refractivity contribution < 1.29 is 9.59 Å². The van der Waals surface area contributed by atoms with Gasteiger partial charge in [-0.1, -0.05) is 12.8 Å². The Morgan fingerprint density at radius 2 is 2.17 bits per heavy atom. The lowest BCUT2D eigenvalue weighted by Crippen LogP contribution is -2.33. The van der Waals surface area contributed by atoms with Crippen molar-refractivity contribution >= 4 is 23.6 Å². The second-order valence-electron chi connectivity index (χ2n) is 4.60. The number of hydrogen-bond acceptors (Lipinski definition) is 3. The number of hydrogen-bond donors (Lipinski definition) is 1. The van der Waals surface area contributed by atoms with Crippen LogP contribution >= 0.6 is 11.8 Å². The van der Waals surface area contributed by atoms with E-state index in [1.54, 1.807) is 41.7 Å². The van der Waals surface area contributed by atoms with Gasteiger partial charge in [0, 0.05) is 18.5 Å². The normalized spacial score (nSPS) is 15.8. The number of aryl methyl sites for hydroxylation is 1. The Bertz CT molecular complexity index is 436. The number of nitrogens with zero attached hydrogens (tertiary/aromatic N) is 1. The smallest absolute Gasteiger partial charge is 0.274 e. The van der Waals surface area contributed by atoms with Gasteiger partial charge < -0.3 is 4.57 Å². The largest absolute Gasteiger partial charge is 0.347 e. The van der Waals surface area contributed by atoms with Gasteiger partial charge in [0.2, 0.25) is 5.91 Å². The summed E-state index contributed by atoms with van der Waals surface area (Å²) in [7, 11) is 1.78. The summed E-state index contributed by atoms with van der Waals surface area (Å²) < 4.78 is 1.70. The molecule has 4 nitrogen and oxygen atoms in total. The van der Waals surface area contributed by atoms with E-state index in [-0.39, 0.29) is 11.8 Å². The maximum Gasteiger partial charge on any atom is 0.274 e. The molecule has 1 saturated carbocycles. The van der Waals surface area contributed by atoms with Gasteiger partial charge in [0.1, 0.15) is 5.69 Å². The molecular weight excluding hydrogens is 248 g/mol. The monoisotopic (exact) mass is 266 g/mol. The molecule has 18 heavy (non-hydrogen) atoms. The molecule has 1 aliphatic carbocycles. The Hall–Kier alpha value is -1.23. The van der Waals surface area contributed by atoms with Crippen LogP contribution < -0.4 is 5.32 Å². The molecule has 1 fully saturated rings. The Balaban J connectivity index is 1.77. The average molecular weight is 266 g/mol. The highest BCUT2D eigenvalue weighted by Gasteiger charge is 2.18. The van der Waals surface area contributed by atoms with Crippen molar-refractivity contribution in [3.8, 4) is 0 Å². The first-order valence-electron chi connectivity index (χ1n) is 6.24. The number of thioether (sulfide) groups is 1. The summed E-state index contributed by atoms with van der Waals surface area (Å²) in [4.78, 5) is 23.4. The molecule has 1 aliphatic rings. The lowest BCUT2D eigenvalue weighted by molar-refractivity contribution is -0.117. The fraction of sp³-hybridized carbons (Fsp3) is 0.538. The highest BCUT2D eigenvalue weighted by Crippen LogP contribution is 2.28. The Morgan fingerprint density at radius 3 is 2.78 bits per heavy atom. The van der Waals surface area contributed by atoms with Gasteiger partial charge in [-0.15, -0.1) is 11.8 Å². The Kier molecular flexibility index (Phi) is 4.47. The van der Waals surface area contributed by atoms with Crippen LogP contribution in [-0.4, -0.2) is 27.4 Å². The predicted molar refractivity (Wildman–Crippen MR) is 72.6 cm³/mol. The van der Waals surface area contributed by atoms with E-state index >= 15 is 0 Å². The third kappa shape index (κ3) is 3.38. The summed E-state index contributed by atoms with van der Waals surface area (Å²) in [5.74, 6) is -0.140. The van der Waals surface area contributed by atoms with Gasteiger partial charge in [0.05, 0.1) is 5.75 Å². The van der Waals surface area contributed by atoms with E-state index in [4.69, 9.17) is 0 Å². The maximum absolute atomic E-state index is 11.8. The van der Waals surface area contributed by atoms with E-state index in [1.807, 2.05) is 0 Å². The first-order valence-corrected chi connectivity index (χ1v) is 7.29. The highest BCUT2D eigenvalue weighted by molar-refractivity contribution is 8.00. The van der Waals surface area contributed by atoms with Crippen LogP contribution in [0.4, 0.5) is 0 Å². The number of amides is 2. The van der Waals surface area contributed by atoms with Gasteiger partial charge in [-0.25, -0.2) is 0 Å². The zero-order valence-corrected chi connectivity index (χ0v) is 11.3. The summed E-state index contributed by atoms with van der Waals surface area (Å²) in [5, 5.41) is 3.03. The van der Waals surface area contributed by atoms with E-state index in [0.29, 0.717) is 16.7 Å². The number of carbonyl (C=O) groups is 2. The van der Waals surface area contributed by atoms with Crippen LogP contribution in [0.5, 0.6) is 0 Å². The van der Waals surface area contributed by atoms with Crippen LogP contribution in [0.15, 0.2) is 18.3 Å². The summed E-state index contributed by atoms with van der Waals surface area (Å²) in [6.07, 6.45) is 6.71. The van der Waals surface area contributed by atoms with Crippen molar-refractivity contribution in [2.75, 3.05) is 5.75 Å². The summed E-state index contributed by atoms with van der Waals surface area (Å²) in [6, 6.07) is 3.49. The minimum Gasteiger partial charge on any atom is -0.347 e. The lowest BCUT2D eigenvalue weighted by Gasteiger charge is -2.08. The molecule has 0 unspecified atom stereocenters. The first-order chi connectivity index (χ1) is 8.66. The topological polar surface area (TPSA) is 51.1 Å². The van der Waals surface area contributed by atoms with E-state index in [0.717, 1.165) is 0 Å². The molecule has 1 N–H and O–H groups in total. The number of rotatable bonds is 4. The highest BCUT2D eigenvalue weighted by atomic mass is 32.2. The van der Waals surface area contributed by atoms with E-state index < -0.39 is 0 Å². The standard InChI is InChI=1S/C13H18N2O2S/c1-15-8-4-7-11(15)13(17)14-12(16)9-18-10-5-2-3-6-10/h4,7-8,10H,2-3,5-6,9H2,1H3,(H,14,16,17). The molecule has 98 valence electrons. The summed E-state index contributed by atoms with van der Waals surface area (Å²) >= 11 is 1.66. The Morgan fingerprint density at radius 1 is 1.44 bits per heavy atom. The minimum absolute atomic E-state index is 0.196.